The van der Waals surface area contributed by atoms with Gasteiger partial charge < -0.3 is 14.2 Å². The van der Waals surface area contributed by atoms with Crippen molar-refractivity contribution in [1.29, 1.82) is 0 Å². The van der Waals surface area contributed by atoms with Crippen molar-refractivity contribution in [3.05, 3.63) is 40.8 Å². The third-order valence-corrected chi connectivity index (χ3v) is 2.88. The maximum Gasteiger partial charge on any atom is 0.224 e. The molecule has 112 valence electrons. The highest BCUT2D eigenvalue weighted by Crippen LogP contribution is 2.32. The average Bonchev–Trinajstić information content (AvgIpc) is 2.46. The van der Waals surface area contributed by atoms with Gasteiger partial charge in [0.25, 0.3) is 0 Å². The molecule has 5 nitrogen and oxygen atoms in total. The Labute approximate surface area is 128 Å². The predicted octanol–water partition coefficient (Wildman–Crippen LogP) is 3.78. The number of aryl methyl sites for hydroxylation is 1. The van der Waals surface area contributed by atoms with Gasteiger partial charge in [0.1, 0.15) is 11.8 Å². The summed E-state index contributed by atoms with van der Waals surface area (Å²) in [5.41, 5.74) is 1.08. The number of aromatic nitrogens is 2. The van der Waals surface area contributed by atoms with Crippen molar-refractivity contribution < 1.29 is 14.2 Å². The Hall–Kier alpha value is -1.85. The lowest BCUT2D eigenvalue weighted by molar-refractivity contribution is 0.127. The van der Waals surface area contributed by atoms with Crippen LogP contribution in [-0.4, -0.2) is 23.7 Å². The first-order chi connectivity index (χ1) is 10.1. The van der Waals surface area contributed by atoms with E-state index in [0.29, 0.717) is 41.6 Å². The van der Waals surface area contributed by atoms with Crippen molar-refractivity contribution in [2.45, 2.75) is 20.5 Å². The van der Waals surface area contributed by atoms with Crippen LogP contribution in [0.3, 0.4) is 0 Å². The van der Waals surface area contributed by atoms with Gasteiger partial charge in [-0.3, -0.25) is 0 Å². The zero-order valence-electron chi connectivity index (χ0n) is 12.2. The molecule has 1 heterocycles. The SMILES string of the molecule is CCOCc1nc(Cl)cc(Oc2ccc(C)cc2OC)n1. The summed E-state index contributed by atoms with van der Waals surface area (Å²) in [6.45, 7) is 4.75. The number of rotatable bonds is 6. The van der Waals surface area contributed by atoms with Crippen molar-refractivity contribution in [1.82, 2.24) is 9.97 Å². The molecule has 6 heteroatoms. The molecule has 1 aromatic carbocycles. The van der Waals surface area contributed by atoms with E-state index in [1.165, 1.54) is 0 Å². The van der Waals surface area contributed by atoms with Crippen LogP contribution in [0.4, 0.5) is 0 Å². The van der Waals surface area contributed by atoms with Gasteiger partial charge in [-0.1, -0.05) is 17.7 Å². The molecule has 21 heavy (non-hydrogen) atoms. The molecule has 0 saturated carbocycles. The van der Waals surface area contributed by atoms with E-state index in [2.05, 4.69) is 9.97 Å². The van der Waals surface area contributed by atoms with Crippen LogP contribution in [-0.2, 0) is 11.3 Å². The van der Waals surface area contributed by atoms with E-state index in [9.17, 15) is 0 Å². The minimum atomic E-state index is 0.290. The van der Waals surface area contributed by atoms with Gasteiger partial charge in [0, 0.05) is 12.7 Å². The van der Waals surface area contributed by atoms with Gasteiger partial charge in [-0.15, -0.1) is 0 Å². The standard InChI is InChI=1S/C15H17ClN2O3/c1-4-20-9-14-17-13(16)8-15(18-14)21-11-6-5-10(2)7-12(11)19-3/h5-8H,4,9H2,1-3H3. The molecule has 1 aromatic heterocycles. The first-order valence-corrected chi connectivity index (χ1v) is 6.94. The summed E-state index contributed by atoms with van der Waals surface area (Å²) in [7, 11) is 1.59. The Kier molecular flexibility index (Phi) is 5.36. The Morgan fingerprint density at radius 1 is 1.14 bits per heavy atom. The van der Waals surface area contributed by atoms with E-state index in [-0.39, 0.29) is 0 Å². The van der Waals surface area contributed by atoms with Crippen LogP contribution in [0.5, 0.6) is 17.4 Å². The molecule has 0 bridgehead atoms. The van der Waals surface area contributed by atoms with Gasteiger partial charge in [-0.25, -0.2) is 4.98 Å². The molecule has 2 rings (SSSR count). The minimum Gasteiger partial charge on any atom is -0.493 e. The summed E-state index contributed by atoms with van der Waals surface area (Å²) >= 11 is 5.98. The van der Waals surface area contributed by atoms with Gasteiger partial charge in [0.05, 0.1) is 7.11 Å². The summed E-state index contributed by atoms with van der Waals surface area (Å²) in [4.78, 5) is 8.35. The van der Waals surface area contributed by atoms with Crippen LogP contribution >= 0.6 is 11.6 Å². The van der Waals surface area contributed by atoms with Gasteiger partial charge in [-0.2, -0.15) is 4.98 Å². The summed E-state index contributed by atoms with van der Waals surface area (Å²) < 4.78 is 16.3. The molecule has 0 saturated heterocycles. The number of methoxy groups -OCH3 is 1. The van der Waals surface area contributed by atoms with Crippen LogP contribution in [0, 0.1) is 6.92 Å². The Morgan fingerprint density at radius 3 is 2.67 bits per heavy atom. The first-order valence-electron chi connectivity index (χ1n) is 6.56. The van der Waals surface area contributed by atoms with Gasteiger partial charge in [-0.05, 0) is 31.5 Å². The molecule has 0 spiro atoms. The first kappa shape index (κ1) is 15.5. The largest absolute Gasteiger partial charge is 0.493 e. The van der Waals surface area contributed by atoms with Crippen molar-refractivity contribution in [3.8, 4) is 17.4 Å². The number of halogens is 1. The Bertz CT molecular complexity index is 620. The molecule has 0 amide bonds. The van der Waals surface area contributed by atoms with Gasteiger partial charge in [0.15, 0.2) is 17.3 Å². The zero-order chi connectivity index (χ0) is 15.2. The molecule has 0 atom stereocenters. The number of hydrogen-bond donors (Lipinski definition) is 0. The quantitative estimate of drug-likeness (QED) is 0.760. The molecule has 0 unspecified atom stereocenters. The summed E-state index contributed by atoms with van der Waals surface area (Å²) in [6, 6.07) is 7.20. The number of hydrogen-bond acceptors (Lipinski definition) is 5. The fourth-order valence-electron chi connectivity index (χ4n) is 1.72. The number of ether oxygens (including phenoxy) is 3. The number of benzene rings is 1. The van der Waals surface area contributed by atoms with Crippen LogP contribution < -0.4 is 9.47 Å². The summed E-state index contributed by atoms with van der Waals surface area (Å²) in [5, 5.41) is 0.306. The topological polar surface area (TPSA) is 53.5 Å². The fraction of sp³-hybridized carbons (Fsp3) is 0.333. The zero-order valence-corrected chi connectivity index (χ0v) is 13.0. The molecule has 0 radical (unpaired) electrons. The van der Waals surface area contributed by atoms with E-state index in [1.807, 2.05) is 32.0 Å². The lowest BCUT2D eigenvalue weighted by atomic mass is 10.2. The van der Waals surface area contributed by atoms with E-state index >= 15 is 0 Å². The maximum absolute atomic E-state index is 5.98. The predicted molar refractivity (Wildman–Crippen MR) is 80.2 cm³/mol. The normalized spacial score (nSPS) is 10.5. The molecule has 0 aliphatic rings. The maximum atomic E-state index is 5.98. The molecular formula is C15H17ClN2O3. The molecular weight excluding hydrogens is 292 g/mol. The van der Waals surface area contributed by atoms with Crippen LogP contribution in [0.1, 0.15) is 18.3 Å². The van der Waals surface area contributed by atoms with E-state index in [0.717, 1.165) is 5.56 Å². The van der Waals surface area contributed by atoms with Gasteiger partial charge in [0.2, 0.25) is 5.88 Å². The average molecular weight is 309 g/mol. The minimum absolute atomic E-state index is 0.290. The molecule has 0 fully saturated rings. The highest BCUT2D eigenvalue weighted by Gasteiger charge is 2.09. The van der Waals surface area contributed by atoms with Crippen molar-refractivity contribution in [3.63, 3.8) is 0 Å². The van der Waals surface area contributed by atoms with Crippen LogP contribution in [0.15, 0.2) is 24.3 Å². The summed E-state index contributed by atoms with van der Waals surface area (Å²) in [5.74, 6) is 2.04. The van der Waals surface area contributed by atoms with E-state index < -0.39 is 0 Å². The lowest BCUT2D eigenvalue weighted by Crippen LogP contribution is -2.01. The van der Waals surface area contributed by atoms with Crippen LogP contribution in [0.25, 0.3) is 0 Å². The Balaban J connectivity index is 2.24. The second kappa shape index (κ2) is 7.24. The molecule has 0 aliphatic heterocycles. The monoisotopic (exact) mass is 308 g/mol. The third kappa shape index (κ3) is 4.31. The number of nitrogens with zero attached hydrogens (tertiary/aromatic N) is 2. The van der Waals surface area contributed by atoms with Gasteiger partial charge >= 0.3 is 0 Å². The van der Waals surface area contributed by atoms with E-state index in [1.54, 1.807) is 13.2 Å². The Morgan fingerprint density at radius 2 is 1.95 bits per heavy atom. The van der Waals surface area contributed by atoms with Crippen molar-refractivity contribution in [2.75, 3.05) is 13.7 Å². The highest BCUT2D eigenvalue weighted by molar-refractivity contribution is 6.29. The highest BCUT2D eigenvalue weighted by atomic mass is 35.5. The molecule has 0 N–H and O–H groups in total. The van der Waals surface area contributed by atoms with Crippen molar-refractivity contribution >= 4 is 11.6 Å². The molecule has 2 aromatic rings. The summed E-state index contributed by atoms with van der Waals surface area (Å²) in [6.07, 6.45) is 0. The van der Waals surface area contributed by atoms with E-state index in [4.69, 9.17) is 25.8 Å². The second-order valence-electron chi connectivity index (χ2n) is 4.34. The smallest absolute Gasteiger partial charge is 0.224 e. The molecule has 0 aliphatic carbocycles. The third-order valence-electron chi connectivity index (χ3n) is 2.69. The second-order valence-corrected chi connectivity index (χ2v) is 4.73. The fourth-order valence-corrected chi connectivity index (χ4v) is 1.91. The van der Waals surface area contributed by atoms with Crippen molar-refractivity contribution in [2.24, 2.45) is 0 Å². The lowest BCUT2D eigenvalue weighted by Gasteiger charge is -2.11. The van der Waals surface area contributed by atoms with Crippen LogP contribution in [0.2, 0.25) is 5.15 Å².